The summed E-state index contributed by atoms with van der Waals surface area (Å²) >= 11 is -5.76. The Bertz CT molecular complexity index is 2440. The Morgan fingerprint density at radius 3 is 1.22 bits per heavy atom. The van der Waals surface area contributed by atoms with E-state index in [0.717, 1.165) is 15.6 Å². The standard InChI is InChI=1S/2C16H13.2C11H16O.C2H5.Zr/c2*1-12-10-14-8-5-9-15(16(14)11-12)13-6-3-2-4-7-13;2*1-8-5-6-10(12)9(7-8)11(2,3)4;1-2;/h2*2-11H,1H3;2*5-7,12H,1-4H3;1H2,2H3;/q;;;;;+2/p-2. The first-order chi connectivity index (χ1) is 28.0. The van der Waals surface area contributed by atoms with Crippen LogP contribution in [0.4, 0.5) is 0 Å². The predicted octanol–water partition coefficient (Wildman–Crippen LogP) is 16.0. The Morgan fingerprint density at radius 1 is 0.475 bits per heavy atom. The second kappa shape index (κ2) is 15.1. The molecule has 8 rings (SSSR count). The summed E-state index contributed by atoms with van der Waals surface area (Å²) in [7, 11) is 0. The van der Waals surface area contributed by atoms with Gasteiger partial charge < -0.3 is 0 Å². The van der Waals surface area contributed by atoms with Crippen molar-refractivity contribution in [1.82, 2.24) is 0 Å². The third-order valence-electron chi connectivity index (χ3n) is 13.2. The second-order valence-corrected chi connectivity index (χ2v) is 32.0. The molecule has 6 aromatic carbocycles. The summed E-state index contributed by atoms with van der Waals surface area (Å²) in [6.45, 7) is 25.4. The maximum absolute atomic E-state index is 8.57. The quantitative estimate of drug-likeness (QED) is 0.144. The monoisotopic (exact) mass is 855 g/mol. The zero-order valence-electron chi connectivity index (χ0n) is 37.0. The Hall–Kier alpha value is -4.72. The van der Waals surface area contributed by atoms with Crippen molar-refractivity contribution in [3.63, 3.8) is 0 Å². The van der Waals surface area contributed by atoms with Gasteiger partial charge in [0.05, 0.1) is 0 Å². The summed E-state index contributed by atoms with van der Waals surface area (Å²) < 4.78 is 17.7. The number of rotatable bonds is 9. The van der Waals surface area contributed by atoms with Crippen molar-refractivity contribution in [3.05, 3.63) is 189 Å². The van der Waals surface area contributed by atoms with E-state index in [0.29, 0.717) is 0 Å². The Balaban J connectivity index is 1.53. The average molecular weight is 857 g/mol. The van der Waals surface area contributed by atoms with Crippen LogP contribution in [0.15, 0.2) is 145 Å². The van der Waals surface area contributed by atoms with Crippen LogP contribution in [0.1, 0.15) is 114 Å². The van der Waals surface area contributed by atoms with Gasteiger partial charge in [0.2, 0.25) is 0 Å². The van der Waals surface area contributed by atoms with Gasteiger partial charge in [-0.1, -0.05) is 0 Å². The van der Waals surface area contributed by atoms with Crippen LogP contribution < -0.4 is 5.63 Å². The Labute approximate surface area is 356 Å². The van der Waals surface area contributed by atoms with Crippen LogP contribution in [-0.2, 0) is 30.5 Å². The normalized spacial score (nSPS) is 17.0. The van der Waals surface area contributed by atoms with E-state index in [9.17, 15) is 0 Å². The summed E-state index contributed by atoms with van der Waals surface area (Å²) in [4.78, 5) is 0. The number of hydrogen-bond acceptors (Lipinski definition) is 2. The fourth-order valence-electron chi connectivity index (χ4n) is 10.6. The van der Waals surface area contributed by atoms with Gasteiger partial charge in [-0.05, 0) is 0 Å². The fourth-order valence-corrected chi connectivity index (χ4v) is 28.3. The number of aryl methyl sites for hydroxylation is 2. The van der Waals surface area contributed by atoms with E-state index in [4.69, 9.17) is 5.63 Å². The van der Waals surface area contributed by atoms with Gasteiger partial charge >= 0.3 is 359 Å². The first-order valence-corrected chi connectivity index (χ1v) is 28.1. The molecule has 0 fully saturated rings. The third kappa shape index (κ3) is 7.02. The van der Waals surface area contributed by atoms with E-state index in [2.05, 4.69) is 222 Å². The minimum absolute atomic E-state index is 0.0944. The van der Waals surface area contributed by atoms with E-state index >= 15 is 0 Å². The summed E-state index contributed by atoms with van der Waals surface area (Å²) in [6.07, 6.45) is 4.93. The van der Waals surface area contributed by atoms with Crippen molar-refractivity contribution < 1.29 is 25.3 Å². The van der Waals surface area contributed by atoms with Crippen molar-refractivity contribution in [2.75, 3.05) is 0 Å². The van der Waals surface area contributed by atoms with Crippen molar-refractivity contribution in [2.24, 2.45) is 0 Å². The van der Waals surface area contributed by atoms with Gasteiger partial charge in [-0.3, -0.25) is 0 Å². The van der Waals surface area contributed by atoms with Crippen LogP contribution in [-0.4, -0.2) is 0 Å². The first-order valence-electron chi connectivity index (χ1n) is 21.5. The van der Waals surface area contributed by atoms with Crippen LogP contribution in [0.5, 0.6) is 11.5 Å². The topological polar surface area (TPSA) is 18.5 Å². The molecule has 2 atom stereocenters. The van der Waals surface area contributed by atoms with E-state index in [1.807, 2.05) is 0 Å². The zero-order valence-corrected chi connectivity index (χ0v) is 39.5. The van der Waals surface area contributed by atoms with Crippen molar-refractivity contribution in [3.8, 4) is 33.8 Å². The van der Waals surface area contributed by atoms with Gasteiger partial charge in [0, 0.05) is 0 Å². The predicted molar refractivity (Wildman–Crippen MR) is 248 cm³/mol. The van der Waals surface area contributed by atoms with Crippen LogP contribution in [0.2, 0.25) is 4.13 Å². The Kier molecular flexibility index (Phi) is 10.5. The van der Waals surface area contributed by atoms with Crippen LogP contribution >= 0.6 is 0 Å². The molecule has 0 saturated carbocycles. The van der Waals surface area contributed by atoms with Gasteiger partial charge in [-0.25, -0.2) is 0 Å². The molecule has 0 heterocycles. The third-order valence-corrected chi connectivity index (χ3v) is 29.7. The van der Waals surface area contributed by atoms with Gasteiger partial charge in [0.1, 0.15) is 0 Å². The molecule has 0 amide bonds. The number of benzene rings is 6. The van der Waals surface area contributed by atoms with Crippen molar-refractivity contribution in [1.29, 1.82) is 0 Å². The van der Waals surface area contributed by atoms with E-state index in [-0.39, 0.29) is 18.1 Å². The summed E-state index contributed by atoms with van der Waals surface area (Å²) in [6, 6.07) is 49.3. The zero-order chi connectivity index (χ0) is 41.9. The molecule has 6 aromatic rings. The molecular weight excluding hydrogens is 796 g/mol. The molecule has 2 nitrogen and oxygen atoms in total. The molecule has 0 aliphatic heterocycles. The van der Waals surface area contributed by atoms with Crippen molar-refractivity contribution >= 4 is 12.2 Å². The molecule has 2 unspecified atom stereocenters. The summed E-state index contributed by atoms with van der Waals surface area (Å²) in [5.74, 6) is 1.89. The van der Waals surface area contributed by atoms with E-state index < -0.39 is 19.7 Å². The van der Waals surface area contributed by atoms with Gasteiger partial charge in [0.25, 0.3) is 0 Å². The average Bonchev–Trinajstić information content (AvgIpc) is 3.75. The van der Waals surface area contributed by atoms with Gasteiger partial charge in [-0.15, -0.1) is 0 Å². The molecule has 0 bridgehead atoms. The number of hydrogen-bond donors (Lipinski definition) is 0. The molecule has 0 radical (unpaired) electrons. The molecule has 301 valence electrons. The molecule has 3 heteroatoms. The molecule has 59 heavy (non-hydrogen) atoms. The number of allylic oxidation sites excluding steroid dienone is 2. The molecule has 2 aliphatic rings. The molecule has 2 aliphatic carbocycles. The van der Waals surface area contributed by atoms with Crippen LogP contribution in [0, 0.1) is 13.8 Å². The number of fused-ring (bicyclic) bond motifs is 2. The fraction of sp³-hybridized carbons (Fsp3) is 0.286. The SMILES string of the molecule is C[CH2][Zr]([O]c1ccc(C)cc1C(C)(C)C)([O]c1ccc(C)cc1C(C)(C)C)([CH]1C(C)=Cc2c(-c3ccccc3)cccc21)[CH]1C(C)=Cc2c(-c3ccccc3)cccc21. The minimum atomic E-state index is -5.76. The van der Waals surface area contributed by atoms with E-state index in [1.54, 1.807) is 0 Å². The summed E-state index contributed by atoms with van der Waals surface area (Å²) in [5.41, 5.74) is 17.3. The maximum atomic E-state index is 8.57. The summed E-state index contributed by atoms with van der Waals surface area (Å²) in [5, 5.41) is 0. The molecule has 0 spiro atoms. The Morgan fingerprint density at radius 2 is 0.864 bits per heavy atom. The first kappa shape index (κ1) is 41.0. The van der Waals surface area contributed by atoms with Gasteiger partial charge in [-0.2, -0.15) is 0 Å². The molecule has 0 saturated heterocycles. The molecule has 0 N–H and O–H groups in total. The van der Waals surface area contributed by atoms with Gasteiger partial charge in [0.15, 0.2) is 0 Å². The molecular formula is C56H61O2Zr. The van der Waals surface area contributed by atoms with Crippen LogP contribution in [0.25, 0.3) is 34.4 Å². The van der Waals surface area contributed by atoms with E-state index in [1.165, 1.54) is 77.9 Å². The van der Waals surface area contributed by atoms with Crippen LogP contribution in [0.3, 0.4) is 0 Å². The van der Waals surface area contributed by atoms with Crippen molar-refractivity contribution in [2.45, 2.75) is 98.4 Å². The second-order valence-electron chi connectivity index (χ2n) is 19.5. The molecule has 0 aromatic heterocycles.